The quantitative estimate of drug-likeness (QED) is 0.509. The molecule has 3 nitrogen and oxygen atoms in total. The van der Waals surface area contributed by atoms with E-state index in [4.69, 9.17) is 4.42 Å². The minimum atomic E-state index is -0.0794. The van der Waals surface area contributed by atoms with Gasteiger partial charge in [0.1, 0.15) is 17.5 Å². The summed E-state index contributed by atoms with van der Waals surface area (Å²) in [5.41, 5.74) is 1.72. The number of fused-ring (bicyclic) bond motifs is 2. The third-order valence-corrected chi connectivity index (χ3v) is 2.99. The smallest absolute Gasteiger partial charge is 0.200 e. The summed E-state index contributed by atoms with van der Waals surface area (Å²) < 4.78 is 5.70. The highest BCUT2D eigenvalue weighted by Crippen LogP contribution is 2.21. The van der Waals surface area contributed by atoms with Gasteiger partial charge in [-0.25, -0.2) is 0 Å². The van der Waals surface area contributed by atoms with E-state index in [0.717, 1.165) is 6.29 Å². The molecule has 0 aliphatic rings. The fraction of sp³-hybridized carbons (Fsp3) is 0.0667. The normalized spacial score (nSPS) is 10.9. The molecule has 0 aliphatic carbocycles. The van der Waals surface area contributed by atoms with Gasteiger partial charge in [0.05, 0.1) is 10.8 Å². The first-order valence-corrected chi connectivity index (χ1v) is 5.68. The first-order valence-electron chi connectivity index (χ1n) is 5.68. The van der Waals surface area contributed by atoms with Crippen LogP contribution in [0, 0.1) is 0 Å². The van der Waals surface area contributed by atoms with Gasteiger partial charge in [-0.2, -0.15) is 0 Å². The highest BCUT2D eigenvalue weighted by Gasteiger charge is 2.10. The molecule has 0 unspecified atom stereocenters. The Bertz CT molecular complexity index is 800. The van der Waals surface area contributed by atoms with E-state index in [1.165, 1.54) is 0 Å². The summed E-state index contributed by atoms with van der Waals surface area (Å²) in [4.78, 5) is 23.1. The lowest BCUT2D eigenvalue weighted by Gasteiger charge is -2.04. The summed E-state index contributed by atoms with van der Waals surface area (Å²) in [6, 6.07) is 12.4. The maximum Gasteiger partial charge on any atom is 0.200 e. The topological polar surface area (TPSA) is 47.3 Å². The van der Waals surface area contributed by atoms with Crippen molar-refractivity contribution in [1.82, 2.24) is 0 Å². The van der Waals surface area contributed by atoms with Gasteiger partial charge in [-0.05, 0) is 23.8 Å². The van der Waals surface area contributed by atoms with Crippen LogP contribution in [0.25, 0.3) is 21.9 Å². The number of carbonyl (C=O) groups is 1. The van der Waals surface area contributed by atoms with Crippen molar-refractivity contribution in [3.63, 3.8) is 0 Å². The number of hydrogen-bond acceptors (Lipinski definition) is 3. The number of benzene rings is 2. The van der Waals surface area contributed by atoms with Crippen molar-refractivity contribution in [3.05, 3.63) is 58.3 Å². The van der Waals surface area contributed by atoms with E-state index in [2.05, 4.69) is 0 Å². The Kier molecular flexibility index (Phi) is 2.45. The van der Waals surface area contributed by atoms with E-state index < -0.39 is 0 Å². The fourth-order valence-corrected chi connectivity index (χ4v) is 2.18. The molecule has 18 heavy (non-hydrogen) atoms. The second-order valence-corrected chi connectivity index (χ2v) is 4.09. The van der Waals surface area contributed by atoms with Gasteiger partial charge in [0, 0.05) is 6.42 Å². The van der Waals surface area contributed by atoms with E-state index in [0.29, 0.717) is 27.5 Å². The summed E-state index contributed by atoms with van der Waals surface area (Å²) in [6.07, 6.45) is 1.02. The van der Waals surface area contributed by atoms with Gasteiger partial charge in [0.25, 0.3) is 0 Å². The van der Waals surface area contributed by atoms with E-state index in [9.17, 15) is 9.59 Å². The van der Waals surface area contributed by atoms with Crippen molar-refractivity contribution in [2.75, 3.05) is 0 Å². The van der Waals surface area contributed by atoms with Crippen LogP contribution in [0.4, 0.5) is 0 Å². The average molecular weight is 238 g/mol. The maximum absolute atomic E-state index is 12.4. The van der Waals surface area contributed by atoms with E-state index in [-0.39, 0.29) is 11.8 Å². The van der Waals surface area contributed by atoms with Crippen molar-refractivity contribution in [3.8, 4) is 0 Å². The van der Waals surface area contributed by atoms with Crippen molar-refractivity contribution >= 4 is 28.2 Å². The third kappa shape index (κ3) is 1.52. The average Bonchev–Trinajstić information content (AvgIpc) is 2.39. The highest BCUT2D eigenvalue weighted by atomic mass is 16.3. The molecule has 0 amide bonds. The lowest BCUT2D eigenvalue weighted by atomic mass is 10.0. The minimum absolute atomic E-state index is 0.0794. The molecule has 0 aliphatic heterocycles. The zero-order chi connectivity index (χ0) is 12.5. The summed E-state index contributed by atoms with van der Waals surface area (Å²) in [5, 5.41) is 1.05. The summed E-state index contributed by atoms with van der Waals surface area (Å²) in [5.74, 6) is 0. The second-order valence-electron chi connectivity index (χ2n) is 4.09. The lowest BCUT2D eigenvalue weighted by molar-refractivity contribution is -0.107. The van der Waals surface area contributed by atoms with Gasteiger partial charge in [0.2, 0.25) is 5.43 Å². The van der Waals surface area contributed by atoms with Gasteiger partial charge < -0.3 is 9.21 Å². The Balaban J connectivity index is 2.53. The third-order valence-electron chi connectivity index (χ3n) is 2.99. The molecule has 0 N–H and O–H groups in total. The number of rotatable bonds is 2. The van der Waals surface area contributed by atoms with Gasteiger partial charge in [0.15, 0.2) is 0 Å². The molecule has 3 aromatic rings. The Hall–Kier alpha value is -2.42. The standard InChI is InChI=1S/C15H10O3/c16-9-8-10-4-3-7-13-14(10)15(17)11-5-1-2-6-12(11)18-13/h1-7,9H,8H2. The van der Waals surface area contributed by atoms with Crippen LogP contribution in [0.3, 0.4) is 0 Å². The summed E-state index contributed by atoms with van der Waals surface area (Å²) in [7, 11) is 0. The van der Waals surface area contributed by atoms with E-state index in [1.807, 2.05) is 6.07 Å². The summed E-state index contributed by atoms with van der Waals surface area (Å²) in [6.45, 7) is 0. The Labute approximate surface area is 103 Å². The molecule has 3 rings (SSSR count). The second kappa shape index (κ2) is 4.11. The molecule has 0 saturated heterocycles. The molecule has 0 bridgehead atoms. The van der Waals surface area contributed by atoms with Crippen LogP contribution in [0.15, 0.2) is 51.7 Å². The summed E-state index contributed by atoms with van der Waals surface area (Å²) >= 11 is 0. The molecule has 0 atom stereocenters. The molecule has 1 aromatic heterocycles. The Morgan fingerprint density at radius 2 is 1.78 bits per heavy atom. The first kappa shape index (κ1) is 10.7. The Morgan fingerprint density at radius 3 is 2.61 bits per heavy atom. The molecule has 1 heterocycles. The minimum Gasteiger partial charge on any atom is -0.456 e. The van der Waals surface area contributed by atoms with Crippen molar-refractivity contribution in [1.29, 1.82) is 0 Å². The number of aldehydes is 1. The molecular formula is C15H10O3. The Morgan fingerprint density at radius 1 is 1.00 bits per heavy atom. The van der Waals surface area contributed by atoms with Crippen LogP contribution in [0.2, 0.25) is 0 Å². The van der Waals surface area contributed by atoms with Crippen LogP contribution in [-0.4, -0.2) is 6.29 Å². The van der Waals surface area contributed by atoms with Crippen LogP contribution in [-0.2, 0) is 11.2 Å². The van der Waals surface area contributed by atoms with Gasteiger partial charge in [-0.1, -0.05) is 24.3 Å². The van der Waals surface area contributed by atoms with Crippen molar-refractivity contribution in [2.24, 2.45) is 0 Å². The molecule has 0 fully saturated rings. The monoisotopic (exact) mass is 238 g/mol. The number of carbonyl (C=O) groups excluding carboxylic acids is 1. The van der Waals surface area contributed by atoms with Crippen LogP contribution >= 0.6 is 0 Å². The van der Waals surface area contributed by atoms with Gasteiger partial charge in [-0.3, -0.25) is 4.79 Å². The largest absolute Gasteiger partial charge is 0.456 e. The van der Waals surface area contributed by atoms with Gasteiger partial charge >= 0.3 is 0 Å². The fourth-order valence-electron chi connectivity index (χ4n) is 2.18. The predicted molar refractivity (Wildman–Crippen MR) is 69.8 cm³/mol. The molecule has 88 valence electrons. The maximum atomic E-state index is 12.4. The molecule has 0 spiro atoms. The van der Waals surface area contributed by atoms with Crippen molar-refractivity contribution in [2.45, 2.75) is 6.42 Å². The SMILES string of the molecule is O=CCc1cccc2oc3ccccc3c(=O)c12. The van der Waals surface area contributed by atoms with E-state index in [1.54, 1.807) is 36.4 Å². The number of hydrogen-bond donors (Lipinski definition) is 0. The first-order chi connectivity index (χ1) is 8.81. The van der Waals surface area contributed by atoms with Crippen LogP contribution < -0.4 is 5.43 Å². The van der Waals surface area contributed by atoms with Crippen LogP contribution in [0.5, 0.6) is 0 Å². The molecule has 0 saturated carbocycles. The molecule has 3 heteroatoms. The lowest BCUT2D eigenvalue weighted by Crippen LogP contribution is -2.05. The molecule has 0 radical (unpaired) electrons. The number of para-hydroxylation sites is 1. The van der Waals surface area contributed by atoms with Crippen molar-refractivity contribution < 1.29 is 9.21 Å². The zero-order valence-electron chi connectivity index (χ0n) is 9.55. The molecule has 2 aromatic carbocycles. The predicted octanol–water partition coefficient (Wildman–Crippen LogP) is 2.69. The van der Waals surface area contributed by atoms with Gasteiger partial charge in [-0.15, -0.1) is 0 Å². The highest BCUT2D eigenvalue weighted by molar-refractivity contribution is 5.92. The zero-order valence-corrected chi connectivity index (χ0v) is 9.55. The van der Waals surface area contributed by atoms with E-state index >= 15 is 0 Å². The molecular weight excluding hydrogens is 228 g/mol. The van der Waals surface area contributed by atoms with Crippen LogP contribution in [0.1, 0.15) is 5.56 Å².